The fourth-order valence-corrected chi connectivity index (χ4v) is 4.66. The number of carboxylic acid groups (broad SMARTS) is 1. The molecule has 0 spiro atoms. The lowest BCUT2D eigenvalue weighted by Gasteiger charge is -2.17. The number of fused-ring (bicyclic) bond motifs is 3. The van der Waals surface area contributed by atoms with E-state index in [0.717, 1.165) is 22.3 Å². The van der Waals surface area contributed by atoms with Gasteiger partial charge < -0.3 is 25.2 Å². The molecule has 3 aromatic carbocycles. The molecule has 3 N–H and O–H groups in total. The van der Waals surface area contributed by atoms with Gasteiger partial charge in [-0.25, -0.2) is 14.4 Å². The number of aliphatic carboxylic acids is 1. The number of nitrogens with one attached hydrogen (secondary N) is 2. The summed E-state index contributed by atoms with van der Waals surface area (Å²) >= 11 is 0. The van der Waals surface area contributed by atoms with Crippen LogP contribution in [-0.4, -0.2) is 42.5 Å². The molecule has 1 aliphatic rings. The molecule has 0 saturated carbocycles. The van der Waals surface area contributed by atoms with Gasteiger partial charge in [-0.2, -0.15) is 0 Å². The largest absolute Gasteiger partial charge is 0.480 e. The van der Waals surface area contributed by atoms with E-state index in [1.165, 1.54) is 0 Å². The van der Waals surface area contributed by atoms with Gasteiger partial charge in [0.25, 0.3) is 0 Å². The highest BCUT2D eigenvalue weighted by Crippen LogP contribution is 2.44. The van der Waals surface area contributed by atoms with Gasteiger partial charge in [0.1, 0.15) is 19.3 Å². The minimum Gasteiger partial charge on any atom is -0.480 e. The number of ether oxygens (including phenoxy) is 2. The number of rotatable bonds is 12. The standard InChI is InChI=1S/C29H29N5O6/c30-34-33-20-9-7-8-19(16-20)17-39-28(37)31-15-6-5-14-26(27(35)36)32-29(38)40-18-25-23-12-3-1-10-21(23)22-11-2-4-13-24(22)25/h1-4,7-13,16,25-26H,5-6,14-15,17-18H2,(H,31,37)(H,32,38)(H,35,36)/t26-/m0/s1. The number of hydrogen-bond donors (Lipinski definition) is 3. The first-order valence-corrected chi connectivity index (χ1v) is 12.8. The van der Waals surface area contributed by atoms with E-state index in [4.69, 9.17) is 15.0 Å². The first-order valence-electron chi connectivity index (χ1n) is 12.8. The Bertz CT molecular complexity index is 1380. The molecule has 0 aliphatic heterocycles. The van der Waals surface area contributed by atoms with Crippen molar-refractivity contribution in [1.29, 1.82) is 0 Å². The smallest absolute Gasteiger partial charge is 0.407 e. The third kappa shape index (κ3) is 7.30. The van der Waals surface area contributed by atoms with Crippen LogP contribution in [0.3, 0.4) is 0 Å². The second-order valence-corrected chi connectivity index (χ2v) is 9.22. The Kier molecular flexibility index (Phi) is 9.58. The molecule has 0 aromatic heterocycles. The summed E-state index contributed by atoms with van der Waals surface area (Å²) in [5.74, 6) is -1.29. The van der Waals surface area contributed by atoms with Crippen molar-refractivity contribution in [3.05, 3.63) is 99.9 Å². The Morgan fingerprint density at radius 2 is 1.62 bits per heavy atom. The summed E-state index contributed by atoms with van der Waals surface area (Å²) < 4.78 is 10.6. The molecular formula is C29H29N5O6. The lowest BCUT2D eigenvalue weighted by molar-refractivity contribution is -0.139. The van der Waals surface area contributed by atoms with Gasteiger partial charge in [-0.05, 0) is 58.7 Å². The fourth-order valence-electron chi connectivity index (χ4n) is 4.66. The van der Waals surface area contributed by atoms with Crippen LogP contribution in [0.4, 0.5) is 15.3 Å². The van der Waals surface area contributed by atoms with E-state index in [2.05, 4.69) is 20.7 Å². The zero-order valence-corrected chi connectivity index (χ0v) is 21.7. The van der Waals surface area contributed by atoms with E-state index >= 15 is 0 Å². The molecule has 1 atom stereocenters. The number of benzene rings is 3. The number of azide groups is 1. The first-order chi connectivity index (χ1) is 19.5. The molecule has 0 radical (unpaired) electrons. The monoisotopic (exact) mass is 543 g/mol. The SMILES string of the molecule is [N-]=[N+]=Nc1cccc(COC(=O)NCCCC[C@H](NC(=O)OCC2c3ccccc3-c3ccccc32)C(=O)O)c1. The number of amides is 2. The summed E-state index contributed by atoms with van der Waals surface area (Å²) in [6.07, 6.45) is -0.323. The minimum atomic E-state index is -1.16. The lowest BCUT2D eigenvalue weighted by atomic mass is 9.98. The molecule has 11 heteroatoms. The summed E-state index contributed by atoms with van der Waals surface area (Å²) in [4.78, 5) is 38.8. The van der Waals surface area contributed by atoms with Crippen LogP contribution in [0.15, 0.2) is 77.9 Å². The molecule has 206 valence electrons. The summed E-state index contributed by atoms with van der Waals surface area (Å²) in [6.45, 7) is 0.370. The fraction of sp³-hybridized carbons (Fsp3) is 0.276. The van der Waals surface area contributed by atoms with Gasteiger partial charge in [-0.3, -0.25) is 0 Å². The maximum atomic E-state index is 12.5. The predicted molar refractivity (Wildman–Crippen MR) is 147 cm³/mol. The van der Waals surface area contributed by atoms with Gasteiger partial charge in [0.15, 0.2) is 0 Å². The van der Waals surface area contributed by atoms with Crippen molar-refractivity contribution >= 4 is 23.8 Å². The Morgan fingerprint density at radius 1 is 0.925 bits per heavy atom. The number of carbonyl (C=O) groups is 3. The zero-order valence-electron chi connectivity index (χ0n) is 21.7. The highest BCUT2D eigenvalue weighted by Gasteiger charge is 2.29. The normalized spacial score (nSPS) is 12.3. The van der Waals surface area contributed by atoms with Crippen molar-refractivity contribution in [2.45, 2.75) is 37.8 Å². The molecule has 0 bridgehead atoms. The van der Waals surface area contributed by atoms with Crippen LogP contribution in [0.5, 0.6) is 0 Å². The van der Waals surface area contributed by atoms with Crippen molar-refractivity contribution < 1.29 is 29.0 Å². The quantitative estimate of drug-likeness (QED) is 0.109. The van der Waals surface area contributed by atoms with Crippen molar-refractivity contribution in [3.63, 3.8) is 0 Å². The van der Waals surface area contributed by atoms with Crippen LogP contribution in [0.2, 0.25) is 0 Å². The number of alkyl carbamates (subject to hydrolysis) is 2. The molecule has 0 fully saturated rings. The van der Waals surface area contributed by atoms with Crippen LogP contribution in [-0.2, 0) is 20.9 Å². The maximum Gasteiger partial charge on any atom is 0.407 e. The Morgan fingerprint density at radius 3 is 2.30 bits per heavy atom. The van der Waals surface area contributed by atoms with Gasteiger partial charge in [-0.15, -0.1) is 0 Å². The highest BCUT2D eigenvalue weighted by molar-refractivity contribution is 5.81. The van der Waals surface area contributed by atoms with Crippen LogP contribution in [0, 0.1) is 0 Å². The van der Waals surface area contributed by atoms with Gasteiger partial charge in [0.2, 0.25) is 0 Å². The first kappa shape index (κ1) is 28.0. The Hall–Kier alpha value is -5.02. The summed E-state index contributed by atoms with van der Waals surface area (Å²) in [5, 5.41) is 18.1. The lowest BCUT2D eigenvalue weighted by Crippen LogP contribution is -2.41. The topological polar surface area (TPSA) is 163 Å². The number of nitrogens with zero attached hydrogens (tertiary/aromatic N) is 3. The molecule has 2 amide bonds. The average molecular weight is 544 g/mol. The van der Waals surface area contributed by atoms with E-state index in [1.807, 2.05) is 48.5 Å². The molecule has 4 rings (SSSR count). The molecule has 3 aromatic rings. The molecule has 0 unspecified atom stereocenters. The third-order valence-corrected chi connectivity index (χ3v) is 6.56. The maximum absolute atomic E-state index is 12.5. The van der Waals surface area contributed by atoms with Crippen LogP contribution >= 0.6 is 0 Å². The van der Waals surface area contributed by atoms with Crippen molar-refractivity contribution in [2.75, 3.05) is 13.2 Å². The zero-order chi connectivity index (χ0) is 28.3. The Labute approximate surface area is 230 Å². The minimum absolute atomic E-state index is 0.00572. The Balaban J connectivity index is 1.17. The second-order valence-electron chi connectivity index (χ2n) is 9.22. The van der Waals surface area contributed by atoms with E-state index in [1.54, 1.807) is 24.3 Å². The van der Waals surface area contributed by atoms with Crippen LogP contribution in [0.1, 0.15) is 41.9 Å². The molecule has 0 heterocycles. The van der Waals surface area contributed by atoms with Gasteiger partial charge in [0.05, 0.1) is 0 Å². The van der Waals surface area contributed by atoms with Gasteiger partial charge in [-0.1, -0.05) is 71.8 Å². The van der Waals surface area contributed by atoms with E-state index in [9.17, 15) is 19.5 Å². The number of carbonyl (C=O) groups excluding carboxylic acids is 2. The highest BCUT2D eigenvalue weighted by atomic mass is 16.6. The van der Waals surface area contributed by atoms with Gasteiger partial charge >= 0.3 is 18.2 Å². The summed E-state index contributed by atoms with van der Waals surface area (Å²) in [5.41, 5.74) is 13.9. The van der Waals surface area contributed by atoms with E-state index < -0.39 is 24.2 Å². The van der Waals surface area contributed by atoms with Crippen LogP contribution < -0.4 is 10.6 Å². The summed E-state index contributed by atoms with van der Waals surface area (Å²) in [6, 6.07) is 21.5. The molecular weight excluding hydrogens is 514 g/mol. The molecule has 40 heavy (non-hydrogen) atoms. The second kappa shape index (κ2) is 13.7. The van der Waals surface area contributed by atoms with Crippen LogP contribution in [0.25, 0.3) is 21.6 Å². The average Bonchev–Trinajstić information content (AvgIpc) is 3.28. The van der Waals surface area contributed by atoms with E-state index in [-0.39, 0.29) is 32.1 Å². The predicted octanol–water partition coefficient (Wildman–Crippen LogP) is 6.02. The number of hydrogen-bond acceptors (Lipinski definition) is 6. The van der Waals surface area contributed by atoms with Crippen molar-refractivity contribution in [2.24, 2.45) is 5.11 Å². The number of carboxylic acids is 1. The van der Waals surface area contributed by atoms with Crippen molar-refractivity contribution in [1.82, 2.24) is 10.6 Å². The van der Waals surface area contributed by atoms with Crippen molar-refractivity contribution in [3.8, 4) is 11.1 Å². The molecule has 11 nitrogen and oxygen atoms in total. The summed E-state index contributed by atoms with van der Waals surface area (Å²) in [7, 11) is 0. The molecule has 1 aliphatic carbocycles. The molecule has 0 saturated heterocycles. The van der Waals surface area contributed by atoms with E-state index in [0.29, 0.717) is 24.1 Å². The number of unbranched alkanes of at least 4 members (excludes halogenated alkanes) is 1. The third-order valence-electron chi connectivity index (χ3n) is 6.56. The van der Waals surface area contributed by atoms with Gasteiger partial charge in [0, 0.05) is 23.1 Å².